The van der Waals surface area contributed by atoms with Crippen molar-refractivity contribution in [2.45, 2.75) is 50.4 Å². The van der Waals surface area contributed by atoms with Crippen molar-refractivity contribution in [2.24, 2.45) is 5.73 Å². The largest absolute Gasteiger partial charge is 0.394 e. The Morgan fingerprint density at radius 3 is 2.56 bits per heavy atom. The highest BCUT2D eigenvalue weighted by Crippen LogP contribution is 2.20. The Morgan fingerprint density at radius 2 is 2.00 bits per heavy atom. The molecule has 0 aliphatic carbocycles. The Balaban J connectivity index is 2.50. The lowest BCUT2D eigenvalue weighted by molar-refractivity contribution is -0.265. The summed E-state index contributed by atoms with van der Waals surface area (Å²) in [6, 6.07) is -0.797. The maximum atomic E-state index is 9.63. The number of aliphatic hydroxyl groups excluding tert-OH is 3. The van der Waals surface area contributed by atoms with E-state index in [1.165, 1.54) is 0 Å². The fraction of sp³-hybridized carbons (Fsp3) is 1.00. The Hall–Kier alpha value is -0.240. The van der Waals surface area contributed by atoms with Crippen LogP contribution in [0.1, 0.15) is 19.8 Å². The van der Waals surface area contributed by atoms with Crippen LogP contribution in [-0.2, 0) is 9.47 Å². The van der Waals surface area contributed by atoms with E-state index in [1.54, 1.807) is 0 Å². The van der Waals surface area contributed by atoms with E-state index in [9.17, 15) is 10.2 Å². The molecule has 1 fully saturated rings. The van der Waals surface area contributed by atoms with E-state index in [4.69, 9.17) is 20.3 Å². The number of hydrogen-bond donors (Lipinski definition) is 4. The van der Waals surface area contributed by atoms with Crippen LogP contribution in [0.15, 0.2) is 0 Å². The summed E-state index contributed by atoms with van der Waals surface area (Å²) in [4.78, 5) is 0. The van der Waals surface area contributed by atoms with E-state index in [0.29, 0.717) is 6.61 Å². The first kappa shape index (κ1) is 13.8. The van der Waals surface area contributed by atoms with E-state index >= 15 is 0 Å². The molecule has 0 bridgehead atoms. The summed E-state index contributed by atoms with van der Waals surface area (Å²) in [7, 11) is 0. The van der Waals surface area contributed by atoms with Gasteiger partial charge in [-0.1, -0.05) is 13.3 Å². The lowest BCUT2D eigenvalue weighted by Crippen LogP contribution is -2.62. The molecule has 1 aliphatic heterocycles. The summed E-state index contributed by atoms with van der Waals surface area (Å²) in [5.41, 5.74) is 5.67. The van der Waals surface area contributed by atoms with Gasteiger partial charge in [0.1, 0.15) is 18.3 Å². The molecule has 0 aromatic heterocycles. The molecule has 5 N–H and O–H groups in total. The van der Waals surface area contributed by atoms with E-state index in [-0.39, 0.29) is 6.61 Å². The van der Waals surface area contributed by atoms with Gasteiger partial charge in [0.2, 0.25) is 0 Å². The molecular weight excluding hydrogens is 214 g/mol. The number of unbranched alkanes of at least 4 members (excludes halogenated alkanes) is 1. The molecule has 0 spiro atoms. The minimum Gasteiger partial charge on any atom is -0.394 e. The topological polar surface area (TPSA) is 105 Å². The van der Waals surface area contributed by atoms with Gasteiger partial charge in [0, 0.05) is 6.61 Å². The second kappa shape index (κ2) is 6.48. The molecule has 0 saturated carbocycles. The summed E-state index contributed by atoms with van der Waals surface area (Å²) in [6.45, 7) is 2.13. The summed E-state index contributed by atoms with van der Waals surface area (Å²) >= 11 is 0. The third-order valence-electron chi connectivity index (χ3n) is 2.71. The highest BCUT2D eigenvalue weighted by Gasteiger charge is 2.42. The third-order valence-corrected chi connectivity index (χ3v) is 2.71. The maximum Gasteiger partial charge on any atom is 0.175 e. The van der Waals surface area contributed by atoms with Gasteiger partial charge in [-0.15, -0.1) is 0 Å². The zero-order chi connectivity index (χ0) is 12.1. The monoisotopic (exact) mass is 235 g/mol. The molecular formula is C10H21NO5. The van der Waals surface area contributed by atoms with Crippen LogP contribution >= 0.6 is 0 Å². The Bertz CT molecular complexity index is 202. The molecule has 6 heteroatoms. The fourth-order valence-corrected chi connectivity index (χ4v) is 1.60. The predicted octanol–water partition coefficient (Wildman–Crippen LogP) is -1.43. The van der Waals surface area contributed by atoms with Crippen LogP contribution in [-0.4, -0.2) is 59.2 Å². The molecule has 0 radical (unpaired) electrons. The Labute approximate surface area is 95.0 Å². The smallest absolute Gasteiger partial charge is 0.175 e. The lowest BCUT2D eigenvalue weighted by atomic mass is 9.98. The summed E-state index contributed by atoms with van der Waals surface area (Å²) in [5.74, 6) is 0. The van der Waals surface area contributed by atoms with Gasteiger partial charge in [0.25, 0.3) is 0 Å². The molecule has 5 atom stereocenters. The molecule has 0 aromatic carbocycles. The molecule has 1 saturated heterocycles. The number of nitrogens with two attached hydrogens (primary N) is 1. The first-order valence-corrected chi connectivity index (χ1v) is 5.61. The molecule has 3 unspecified atom stereocenters. The van der Waals surface area contributed by atoms with Crippen molar-refractivity contribution in [3.05, 3.63) is 0 Å². The first-order valence-electron chi connectivity index (χ1n) is 5.61. The highest BCUT2D eigenvalue weighted by atomic mass is 16.7. The van der Waals surface area contributed by atoms with Crippen LogP contribution in [0.4, 0.5) is 0 Å². The highest BCUT2D eigenvalue weighted by molar-refractivity contribution is 4.91. The van der Waals surface area contributed by atoms with Crippen molar-refractivity contribution in [1.82, 2.24) is 0 Å². The Kier molecular flexibility index (Phi) is 5.60. The lowest BCUT2D eigenvalue weighted by Gasteiger charge is -2.40. The van der Waals surface area contributed by atoms with Gasteiger partial charge >= 0.3 is 0 Å². The zero-order valence-electron chi connectivity index (χ0n) is 9.45. The van der Waals surface area contributed by atoms with Crippen molar-refractivity contribution >= 4 is 0 Å². The van der Waals surface area contributed by atoms with E-state index < -0.39 is 30.6 Å². The molecule has 1 rings (SSSR count). The van der Waals surface area contributed by atoms with Crippen molar-refractivity contribution in [2.75, 3.05) is 13.2 Å². The molecule has 16 heavy (non-hydrogen) atoms. The zero-order valence-corrected chi connectivity index (χ0v) is 9.45. The summed E-state index contributed by atoms with van der Waals surface area (Å²) in [6.07, 6.45) is -2.09. The van der Waals surface area contributed by atoms with Crippen LogP contribution in [0, 0.1) is 0 Å². The van der Waals surface area contributed by atoms with E-state index in [0.717, 1.165) is 12.8 Å². The van der Waals surface area contributed by atoms with E-state index in [2.05, 4.69) is 0 Å². The van der Waals surface area contributed by atoms with Crippen LogP contribution in [0.3, 0.4) is 0 Å². The molecule has 6 nitrogen and oxygen atoms in total. The standard InChI is InChI=1S/C10H21NO5/c1-2-3-4-15-10-7(11)9(14)8(13)6(5-12)16-10/h6-10,12-14H,2-5,11H2,1H3/t6?,7?,8-,9?,10+/m0/s1. The van der Waals surface area contributed by atoms with Crippen molar-refractivity contribution in [3.63, 3.8) is 0 Å². The van der Waals surface area contributed by atoms with Crippen molar-refractivity contribution < 1.29 is 24.8 Å². The van der Waals surface area contributed by atoms with Gasteiger partial charge in [-0.05, 0) is 6.42 Å². The number of rotatable bonds is 5. The quantitative estimate of drug-likeness (QED) is 0.435. The van der Waals surface area contributed by atoms with Gasteiger partial charge in [0.05, 0.1) is 12.6 Å². The summed E-state index contributed by atoms with van der Waals surface area (Å²) < 4.78 is 10.6. The van der Waals surface area contributed by atoms with E-state index in [1.807, 2.05) is 6.92 Å². The van der Waals surface area contributed by atoms with Crippen LogP contribution < -0.4 is 5.73 Å². The average molecular weight is 235 g/mol. The number of ether oxygens (including phenoxy) is 2. The minimum atomic E-state index is -1.17. The minimum absolute atomic E-state index is 0.376. The predicted molar refractivity (Wildman–Crippen MR) is 56.6 cm³/mol. The van der Waals surface area contributed by atoms with Crippen molar-refractivity contribution in [1.29, 1.82) is 0 Å². The maximum absolute atomic E-state index is 9.63. The van der Waals surface area contributed by atoms with Crippen LogP contribution in [0.25, 0.3) is 0 Å². The molecule has 0 aromatic rings. The van der Waals surface area contributed by atoms with Gasteiger partial charge in [-0.3, -0.25) is 0 Å². The van der Waals surface area contributed by atoms with Crippen LogP contribution in [0.2, 0.25) is 0 Å². The van der Waals surface area contributed by atoms with Gasteiger partial charge in [-0.25, -0.2) is 0 Å². The van der Waals surface area contributed by atoms with Crippen molar-refractivity contribution in [3.8, 4) is 0 Å². The second-order valence-corrected chi connectivity index (χ2v) is 4.01. The molecule has 0 amide bonds. The molecule has 1 heterocycles. The Morgan fingerprint density at radius 1 is 1.31 bits per heavy atom. The van der Waals surface area contributed by atoms with Crippen LogP contribution in [0.5, 0.6) is 0 Å². The first-order chi connectivity index (χ1) is 7.61. The number of aliphatic hydroxyl groups is 3. The third kappa shape index (κ3) is 3.13. The second-order valence-electron chi connectivity index (χ2n) is 4.01. The fourth-order valence-electron chi connectivity index (χ4n) is 1.60. The van der Waals surface area contributed by atoms with Gasteiger partial charge < -0.3 is 30.5 Å². The SMILES string of the molecule is CCCCO[C@@H]1OC(CO)[C@H](O)C(O)C1N. The normalized spacial score (nSPS) is 39.9. The summed E-state index contributed by atoms with van der Waals surface area (Å²) in [5, 5.41) is 28.1. The van der Waals surface area contributed by atoms with Gasteiger partial charge in [0.15, 0.2) is 6.29 Å². The average Bonchev–Trinajstić information content (AvgIpc) is 2.29. The van der Waals surface area contributed by atoms with Gasteiger partial charge in [-0.2, -0.15) is 0 Å². The molecule has 96 valence electrons. The number of hydrogen-bond acceptors (Lipinski definition) is 6. The molecule has 1 aliphatic rings.